The summed E-state index contributed by atoms with van der Waals surface area (Å²) in [6, 6.07) is 3.34. The predicted octanol–water partition coefficient (Wildman–Crippen LogP) is 2.36. The maximum absolute atomic E-state index is 5.78. The first-order valence-electron chi connectivity index (χ1n) is 4.56. The van der Waals surface area contributed by atoms with E-state index in [0.29, 0.717) is 22.5 Å². The molecule has 0 saturated carbocycles. The normalized spacial score (nSPS) is 9.88. The summed E-state index contributed by atoms with van der Waals surface area (Å²) in [5, 5.41) is 3.41. The lowest BCUT2D eigenvalue weighted by atomic mass is 10.4. The van der Waals surface area contributed by atoms with Crippen molar-refractivity contribution in [1.29, 1.82) is 0 Å². The van der Waals surface area contributed by atoms with Gasteiger partial charge in [0.25, 0.3) is 0 Å². The molecule has 0 radical (unpaired) electrons. The second-order valence-corrected chi connectivity index (χ2v) is 3.37. The van der Waals surface area contributed by atoms with Crippen LogP contribution in [0.4, 0.5) is 5.82 Å². The van der Waals surface area contributed by atoms with E-state index in [1.165, 1.54) is 12.5 Å². The van der Waals surface area contributed by atoms with Gasteiger partial charge in [0.15, 0.2) is 0 Å². The van der Waals surface area contributed by atoms with E-state index in [1.807, 2.05) is 0 Å². The van der Waals surface area contributed by atoms with Crippen molar-refractivity contribution >= 4 is 17.4 Å². The monoisotopic (exact) mass is 236 g/mol. The lowest BCUT2D eigenvalue weighted by Gasteiger charge is -2.05. The highest BCUT2D eigenvalue weighted by Crippen LogP contribution is 2.22. The largest absolute Gasteiger partial charge is 0.437 e. The minimum absolute atomic E-state index is 0.434. The van der Waals surface area contributed by atoms with Crippen molar-refractivity contribution in [2.24, 2.45) is 0 Å². The molecule has 0 aliphatic heterocycles. The molecule has 0 aliphatic rings. The molecular formula is C10H9ClN4O. The van der Waals surface area contributed by atoms with Gasteiger partial charge in [0.05, 0.1) is 11.2 Å². The smallest absolute Gasteiger partial charge is 0.224 e. The fourth-order valence-corrected chi connectivity index (χ4v) is 1.26. The lowest BCUT2D eigenvalue weighted by molar-refractivity contribution is 0.460. The molecule has 2 heterocycles. The Hall–Kier alpha value is -1.88. The Kier molecular flexibility index (Phi) is 3.16. The van der Waals surface area contributed by atoms with E-state index in [-0.39, 0.29) is 0 Å². The maximum Gasteiger partial charge on any atom is 0.224 e. The second kappa shape index (κ2) is 4.76. The molecule has 0 fully saturated rings. The van der Waals surface area contributed by atoms with Crippen molar-refractivity contribution in [3.8, 4) is 11.6 Å². The molecule has 1 N–H and O–H groups in total. The number of aromatic nitrogens is 3. The first kappa shape index (κ1) is 10.6. The van der Waals surface area contributed by atoms with Crippen LogP contribution in [-0.4, -0.2) is 22.0 Å². The van der Waals surface area contributed by atoms with Crippen LogP contribution in [0.15, 0.2) is 30.9 Å². The van der Waals surface area contributed by atoms with E-state index in [9.17, 15) is 0 Å². The molecule has 0 aromatic carbocycles. The zero-order chi connectivity index (χ0) is 11.4. The van der Waals surface area contributed by atoms with Gasteiger partial charge in [-0.2, -0.15) is 0 Å². The van der Waals surface area contributed by atoms with Crippen molar-refractivity contribution in [2.45, 2.75) is 0 Å². The summed E-state index contributed by atoms with van der Waals surface area (Å²) in [6.45, 7) is 0. The average Bonchev–Trinajstić information content (AvgIpc) is 2.29. The van der Waals surface area contributed by atoms with E-state index >= 15 is 0 Å². The molecule has 0 aliphatic carbocycles. The van der Waals surface area contributed by atoms with E-state index in [1.54, 1.807) is 25.4 Å². The van der Waals surface area contributed by atoms with Crippen LogP contribution < -0.4 is 10.1 Å². The van der Waals surface area contributed by atoms with Crippen molar-refractivity contribution in [3.63, 3.8) is 0 Å². The Bertz CT molecular complexity index is 492. The minimum atomic E-state index is 0.434. The third-order valence-corrected chi connectivity index (χ3v) is 2.01. The Balaban J connectivity index is 2.20. The number of pyridine rings is 1. The van der Waals surface area contributed by atoms with Gasteiger partial charge in [0, 0.05) is 25.4 Å². The molecule has 5 nitrogen and oxygen atoms in total. The summed E-state index contributed by atoms with van der Waals surface area (Å²) in [6.07, 6.45) is 4.51. The van der Waals surface area contributed by atoms with E-state index in [2.05, 4.69) is 20.3 Å². The van der Waals surface area contributed by atoms with Crippen LogP contribution in [0.5, 0.6) is 11.6 Å². The van der Waals surface area contributed by atoms with Crippen LogP contribution in [0.3, 0.4) is 0 Å². The van der Waals surface area contributed by atoms with Gasteiger partial charge >= 0.3 is 0 Å². The third-order valence-electron chi connectivity index (χ3n) is 1.80. The van der Waals surface area contributed by atoms with Gasteiger partial charge in [-0.25, -0.2) is 9.97 Å². The number of hydrogen-bond acceptors (Lipinski definition) is 5. The Morgan fingerprint density at radius 2 is 2.12 bits per heavy atom. The number of halogens is 1. The molecule has 2 rings (SSSR count). The molecule has 82 valence electrons. The van der Waals surface area contributed by atoms with Crippen molar-refractivity contribution < 1.29 is 4.74 Å². The summed E-state index contributed by atoms with van der Waals surface area (Å²) >= 11 is 5.78. The Labute approximate surface area is 97.5 Å². The molecule has 6 heteroatoms. The van der Waals surface area contributed by atoms with Crippen LogP contribution in [0.25, 0.3) is 0 Å². The topological polar surface area (TPSA) is 59.9 Å². The van der Waals surface area contributed by atoms with E-state index in [0.717, 1.165) is 0 Å². The minimum Gasteiger partial charge on any atom is -0.437 e. The van der Waals surface area contributed by atoms with Crippen molar-refractivity contribution in [1.82, 2.24) is 15.0 Å². The molecule has 0 atom stereocenters. The first-order valence-corrected chi connectivity index (χ1v) is 4.94. The zero-order valence-electron chi connectivity index (χ0n) is 8.51. The highest BCUT2D eigenvalue weighted by Gasteiger charge is 2.01. The van der Waals surface area contributed by atoms with Crippen LogP contribution >= 0.6 is 11.6 Å². The van der Waals surface area contributed by atoms with Gasteiger partial charge in [0.1, 0.15) is 17.9 Å². The van der Waals surface area contributed by atoms with Gasteiger partial charge in [-0.15, -0.1) is 0 Å². The highest BCUT2D eigenvalue weighted by molar-refractivity contribution is 6.30. The fourth-order valence-electron chi connectivity index (χ4n) is 1.10. The van der Waals surface area contributed by atoms with Gasteiger partial charge in [0.2, 0.25) is 5.88 Å². The van der Waals surface area contributed by atoms with Gasteiger partial charge in [-0.3, -0.25) is 4.98 Å². The van der Waals surface area contributed by atoms with E-state index in [4.69, 9.17) is 16.3 Å². The number of nitrogens with zero attached hydrogens (tertiary/aromatic N) is 3. The summed E-state index contributed by atoms with van der Waals surface area (Å²) in [7, 11) is 1.77. The maximum atomic E-state index is 5.78. The number of hydrogen-bond donors (Lipinski definition) is 1. The summed E-state index contributed by atoms with van der Waals surface area (Å²) in [5.74, 6) is 1.65. The fraction of sp³-hybridized carbons (Fsp3) is 0.100. The molecular weight excluding hydrogens is 228 g/mol. The number of nitrogens with one attached hydrogen (secondary N) is 1. The molecule has 0 bridgehead atoms. The molecule has 0 spiro atoms. The van der Waals surface area contributed by atoms with Crippen LogP contribution in [-0.2, 0) is 0 Å². The number of ether oxygens (including phenoxy) is 1. The van der Waals surface area contributed by atoms with Crippen LogP contribution in [0.1, 0.15) is 0 Å². The number of rotatable bonds is 3. The average molecular weight is 237 g/mol. The van der Waals surface area contributed by atoms with Crippen LogP contribution in [0, 0.1) is 0 Å². The SMILES string of the molecule is CNc1cc(Oc2cncc(Cl)c2)ncn1. The third kappa shape index (κ3) is 2.58. The molecule has 2 aromatic heterocycles. The highest BCUT2D eigenvalue weighted by atomic mass is 35.5. The summed E-state index contributed by atoms with van der Waals surface area (Å²) in [5.41, 5.74) is 0. The summed E-state index contributed by atoms with van der Waals surface area (Å²) in [4.78, 5) is 11.8. The van der Waals surface area contributed by atoms with Crippen molar-refractivity contribution in [2.75, 3.05) is 12.4 Å². The van der Waals surface area contributed by atoms with Gasteiger partial charge in [-0.05, 0) is 0 Å². The molecule has 0 unspecified atom stereocenters. The second-order valence-electron chi connectivity index (χ2n) is 2.93. The molecule has 2 aromatic rings. The summed E-state index contributed by atoms with van der Waals surface area (Å²) < 4.78 is 5.46. The number of anilines is 1. The van der Waals surface area contributed by atoms with Crippen molar-refractivity contribution in [3.05, 3.63) is 35.9 Å². The standard InChI is InChI=1S/C10H9ClN4O/c1-12-9-3-10(15-6-14-9)16-8-2-7(11)4-13-5-8/h2-6H,1H3,(H,12,14,15). The lowest BCUT2D eigenvalue weighted by Crippen LogP contribution is -1.95. The molecule has 16 heavy (non-hydrogen) atoms. The molecule has 0 saturated heterocycles. The Morgan fingerprint density at radius 3 is 2.88 bits per heavy atom. The van der Waals surface area contributed by atoms with E-state index < -0.39 is 0 Å². The van der Waals surface area contributed by atoms with Gasteiger partial charge in [-0.1, -0.05) is 11.6 Å². The first-order chi connectivity index (χ1) is 7.78. The zero-order valence-corrected chi connectivity index (χ0v) is 9.27. The van der Waals surface area contributed by atoms with Crippen LogP contribution in [0.2, 0.25) is 5.02 Å². The Morgan fingerprint density at radius 1 is 1.25 bits per heavy atom. The van der Waals surface area contributed by atoms with Gasteiger partial charge < -0.3 is 10.1 Å². The predicted molar refractivity (Wildman–Crippen MR) is 60.9 cm³/mol. The quantitative estimate of drug-likeness (QED) is 0.887. The molecule has 0 amide bonds.